The number of hydrogen-bond acceptors (Lipinski definition) is 4. The van der Waals surface area contributed by atoms with Crippen LogP contribution in [0.15, 0.2) is 30.7 Å². The van der Waals surface area contributed by atoms with Gasteiger partial charge in [-0.25, -0.2) is 0 Å². The van der Waals surface area contributed by atoms with Gasteiger partial charge in [0.1, 0.15) is 0 Å². The predicted octanol–water partition coefficient (Wildman–Crippen LogP) is 3.59. The Morgan fingerprint density at radius 2 is 2.10 bits per heavy atom. The molecular formula is C24H35N5O2. The first-order valence-electron chi connectivity index (χ1n) is 11.4. The Labute approximate surface area is 185 Å². The summed E-state index contributed by atoms with van der Waals surface area (Å²) in [5.41, 5.74) is 2.96. The molecule has 0 spiro atoms. The summed E-state index contributed by atoms with van der Waals surface area (Å²) in [5, 5.41) is 4.52. The number of nitrogens with zero attached hydrogens (tertiary/aromatic N) is 5. The fourth-order valence-electron chi connectivity index (χ4n) is 4.45. The van der Waals surface area contributed by atoms with Crippen LogP contribution in [0, 0.1) is 18.8 Å². The van der Waals surface area contributed by atoms with Gasteiger partial charge in [0.25, 0.3) is 0 Å². The van der Waals surface area contributed by atoms with Gasteiger partial charge in [-0.3, -0.25) is 19.3 Å². The number of rotatable bonds is 8. The molecule has 2 aromatic rings. The minimum Gasteiger partial charge on any atom is -0.338 e. The molecule has 0 radical (unpaired) electrons. The zero-order valence-electron chi connectivity index (χ0n) is 19.4. The molecule has 3 heterocycles. The van der Waals surface area contributed by atoms with E-state index in [-0.39, 0.29) is 23.8 Å². The van der Waals surface area contributed by atoms with E-state index in [9.17, 15) is 9.59 Å². The Balaban J connectivity index is 1.91. The molecule has 2 amide bonds. The molecule has 3 rings (SSSR count). The molecule has 1 aliphatic heterocycles. The van der Waals surface area contributed by atoms with Gasteiger partial charge >= 0.3 is 0 Å². The molecule has 1 aliphatic rings. The van der Waals surface area contributed by atoms with Crippen LogP contribution in [0.2, 0.25) is 0 Å². The van der Waals surface area contributed by atoms with Crippen LogP contribution in [0.1, 0.15) is 63.4 Å². The van der Waals surface area contributed by atoms with Gasteiger partial charge in [-0.15, -0.1) is 0 Å². The largest absolute Gasteiger partial charge is 0.338 e. The number of carbonyl (C=O) groups is 2. The minimum atomic E-state index is -0.279. The van der Waals surface area contributed by atoms with Crippen molar-refractivity contribution < 1.29 is 9.59 Å². The van der Waals surface area contributed by atoms with Crippen LogP contribution in [-0.4, -0.2) is 49.5 Å². The lowest BCUT2D eigenvalue weighted by Crippen LogP contribution is -2.50. The predicted molar refractivity (Wildman–Crippen MR) is 120 cm³/mol. The minimum absolute atomic E-state index is 0.0984. The second-order valence-electron chi connectivity index (χ2n) is 8.76. The highest BCUT2D eigenvalue weighted by atomic mass is 16.2. The standard InChI is InChI=1S/C24H35N5O2/c1-6-27(15-20-16-28(7-2)26-18(20)5)24(31)21-10-11-22(30)29(14-17(3)4)23(21)19-9-8-12-25-13-19/h8-9,12-13,16-17,21,23H,6-7,10-11,14-15H2,1-5H3/t21-,23+/m1/s1. The maximum absolute atomic E-state index is 13.8. The average Bonchev–Trinajstić information content (AvgIpc) is 3.12. The fourth-order valence-corrected chi connectivity index (χ4v) is 4.45. The summed E-state index contributed by atoms with van der Waals surface area (Å²) in [6.07, 6.45) is 6.52. The van der Waals surface area contributed by atoms with Crippen molar-refractivity contribution in [2.75, 3.05) is 13.1 Å². The molecule has 1 fully saturated rings. The van der Waals surface area contributed by atoms with Crippen LogP contribution in [0.3, 0.4) is 0 Å². The van der Waals surface area contributed by atoms with Crippen molar-refractivity contribution in [1.29, 1.82) is 0 Å². The van der Waals surface area contributed by atoms with Gasteiger partial charge in [0.05, 0.1) is 17.7 Å². The van der Waals surface area contributed by atoms with Crippen molar-refractivity contribution in [1.82, 2.24) is 24.6 Å². The van der Waals surface area contributed by atoms with E-state index in [0.717, 1.165) is 23.4 Å². The number of carbonyl (C=O) groups excluding carboxylic acids is 2. The van der Waals surface area contributed by atoms with Crippen molar-refractivity contribution in [3.8, 4) is 0 Å². The molecule has 0 aliphatic carbocycles. The van der Waals surface area contributed by atoms with Gasteiger partial charge in [0, 0.05) is 56.8 Å². The van der Waals surface area contributed by atoms with Crippen molar-refractivity contribution in [2.24, 2.45) is 11.8 Å². The van der Waals surface area contributed by atoms with Crippen LogP contribution in [0.25, 0.3) is 0 Å². The highest BCUT2D eigenvalue weighted by molar-refractivity contribution is 5.85. The lowest BCUT2D eigenvalue weighted by molar-refractivity contribution is -0.149. The van der Waals surface area contributed by atoms with Crippen LogP contribution in [0.5, 0.6) is 0 Å². The van der Waals surface area contributed by atoms with Gasteiger partial charge in [-0.1, -0.05) is 19.9 Å². The third-order valence-corrected chi connectivity index (χ3v) is 6.04. The third-order valence-electron chi connectivity index (χ3n) is 6.04. The summed E-state index contributed by atoms with van der Waals surface area (Å²) in [6.45, 7) is 12.9. The van der Waals surface area contributed by atoms with Crippen molar-refractivity contribution in [3.05, 3.63) is 47.5 Å². The number of hydrogen-bond donors (Lipinski definition) is 0. The third kappa shape index (κ3) is 5.14. The Morgan fingerprint density at radius 1 is 1.32 bits per heavy atom. The smallest absolute Gasteiger partial charge is 0.228 e. The molecular weight excluding hydrogens is 390 g/mol. The highest BCUT2D eigenvalue weighted by Gasteiger charge is 2.42. The quantitative estimate of drug-likeness (QED) is 0.648. The number of amides is 2. The Hall–Kier alpha value is -2.70. The van der Waals surface area contributed by atoms with E-state index in [0.29, 0.717) is 38.4 Å². The van der Waals surface area contributed by atoms with Crippen LogP contribution in [0.4, 0.5) is 0 Å². The molecule has 31 heavy (non-hydrogen) atoms. The Kier molecular flexibility index (Phi) is 7.46. The van der Waals surface area contributed by atoms with E-state index < -0.39 is 0 Å². The van der Waals surface area contributed by atoms with E-state index >= 15 is 0 Å². The number of piperidine rings is 1. The van der Waals surface area contributed by atoms with E-state index in [1.165, 1.54) is 0 Å². The zero-order chi connectivity index (χ0) is 22.5. The molecule has 2 aromatic heterocycles. The average molecular weight is 426 g/mol. The fraction of sp³-hybridized carbons (Fsp3) is 0.583. The van der Waals surface area contributed by atoms with E-state index in [1.54, 1.807) is 12.4 Å². The molecule has 0 unspecified atom stereocenters. The Morgan fingerprint density at radius 3 is 2.68 bits per heavy atom. The summed E-state index contributed by atoms with van der Waals surface area (Å²) in [6, 6.07) is 3.58. The normalized spacial score (nSPS) is 19.2. The van der Waals surface area contributed by atoms with Gasteiger partial charge in [-0.05, 0) is 44.7 Å². The second-order valence-corrected chi connectivity index (χ2v) is 8.76. The van der Waals surface area contributed by atoms with Gasteiger partial charge in [0.2, 0.25) is 11.8 Å². The van der Waals surface area contributed by atoms with Crippen molar-refractivity contribution >= 4 is 11.8 Å². The van der Waals surface area contributed by atoms with E-state index in [1.807, 2.05) is 46.7 Å². The van der Waals surface area contributed by atoms with Crippen molar-refractivity contribution in [2.45, 2.75) is 66.6 Å². The lowest BCUT2D eigenvalue weighted by Gasteiger charge is -2.43. The molecule has 2 atom stereocenters. The maximum Gasteiger partial charge on any atom is 0.228 e. The molecule has 168 valence electrons. The van der Waals surface area contributed by atoms with Crippen LogP contribution in [-0.2, 0) is 22.7 Å². The molecule has 7 heteroatoms. The summed E-state index contributed by atoms with van der Waals surface area (Å²) < 4.78 is 1.91. The monoisotopic (exact) mass is 425 g/mol. The molecule has 0 aromatic carbocycles. The molecule has 1 saturated heterocycles. The lowest BCUT2D eigenvalue weighted by atomic mass is 9.83. The summed E-state index contributed by atoms with van der Waals surface area (Å²) in [7, 11) is 0. The topological polar surface area (TPSA) is 71.3 Å². The first-order valence-corrected chi connectivity index (χ1v) is 11.4. The first kappa shape index (κ1) is 23.0. The van der Waals surface area contributed by atoms with Crippen LogP contribution < -0.4 is 0 Å². The number of aryl methyl sites for hydroxylation is 2. The van der Waals surface area contributed by atoms with Gasteiger partial charge in [-0.2, -0.15) is 5.10 Å². The SMILES string of the molecule is CCN(Cc1cn(CC)nc1C)C(=O)[C@@H]1CCC(=O)N(CC(C)C)[C@H]1c1cccnc1. The second kappa shape index (κ2) is 10.1. The molecule has 7 nitrogen and oxygen atoms in total. The van der Waals surface area contributed by atoms with Crippen molar-refractivity contribution in [3.63, 3.8) is 0 Å². The summed E-state index contributed by atoms with van der Waals surface area (Å²) in [4.78, 5) is 34.7. The summed E-state index contributed by atoms with van der Waals surface area (Å²) in [5.74, 6) is 0.264. The van der Waals surface area contributed by atoms with E-state index in [2.05, 4.69) is 30.9 Å². The zero-order valence-corrected chi connectivity index (χ0v) is 19.4. The van der Waals surface area contributed by atoms with E-state index in [4.69, 9.17) is 0 Å². The van der Waals surface area contributed by atoms with Crippen LogP contribution >= 0.6 is 0 Å². The maximum atomic E-state index is 13.8. The van der Waals surface area contributed by atoms with Gasteiger partial charge < -0.3 is 9.80 Å². The highest BCUT2D eigenvalue weighted by Crippen LogP contribution is 2.38. The molecule has 0 bridgehead atoms. The number of pyridine rings is 1. The summed E-state index contributed by atoms with van der Waals surface area (Å²) >= 11 is 0. The number of likely N-dealkylation sites (tertiary alicyclic amines) is 1. The number of aromatic nitrogens is 3. The molecule has 0 N–H and O–H groups in total. The molecule has 0 saturated carbocycles. The first-order chi connectivity index (χ1) is 14.8. The Bertz CT molecular complexity index is 893. The van der Waals surface area contributed by atoms with Gasteiger partial charge in [0.15, 0.2) is 0 Å².